The Morgan fingerprint density at radius 1 is 1.53 bits per heavy atom. The molecule has 3 heteroatoms. The van der Waals surface area contributed by atoms with Crippen molar-refractivity contribution in [1.29, 1.82) is 0 Å². The van der Waals surface area contributed by atoms with Crippen LogP contribution in [0.15, 0.2) is 30.3 Å². The molecule has 0 fully saturated rings. The van der Waals surface area contributed by atoms with Crippen LogP contribution < -0.4 is 0 Å². The summed E-state index contributed by atoms with van der Waals surface area (Å²) in [7, 11) is 0. The zero-order valence-corrected chi connectivity index (χ0v) is 9.54. The van der Waals surface area contributed by atoms with Crippen molar-refractivity contribution >= 4 is 23.1 Å². The molecule has 0 N–H and O–H groups in total. The van der Waals surface area contributed by atoms with Gasteiger partial charge in [-0.25, -0.2) is 4.79 Å². The van der Waals surface area contributed by atoms with E-state index < -0.39 is 0 Å². The van der Waals surface area contributed by atoms with Gasteiger partial charge in [0.1, 0.15) is 0 Å². The molecule has 1 aromatic rings. The molecule has 1 rings (SSSR count). The van der Waals surface area contributed by atoms with Crippen LogP contribution in [0.5, 0.6) is 0 Å². The van der Waals surface area contributed by atoms with E-state index in [2.05, 4.69) is 0 Å². The van der Waals surface area contributed by atoms with Gasteiger partial charge < -0.3 is 4.74 Å². The standard InChI is InChI=1S/C12H13ClO2/c1-3-11(12(14)15-4-2)9-6-5-7-10(13)8-9/h3,5-8H,4H2,1-2H3. The second kappa shape index (κ2) is 5.56. The first kappa shape index (κ1) is 11.8. The normalized spacial score (nSPS) is 11.3. The molecule has 0 saturated heterocycles. The highest BCUT2D eigenvalue weighted by atomic mass is 35.5. The van der Waals surface area contributed by atoms with E-state index in [1.54, 1.807) is 38.1 Å². The number of rotatable bonds is 3. The second-order valence-corrected chi connectivity index (χ2v) is 3.37. The summed E-state index contributed by atoms with van der Waals surface area (Å²) < 4.78 is 4.94. The number of hydrogen-bond acceptors (Lipinski definition) is 2. The average Bonchev–Trinajstić information content (AvgIpc) is 2.19. The van der Waals surface area contributed by atoms with E-state index in [1.165, 1.54) is 0 Å². The van der Waals surface area contributed by atoms with Gasteiger partial charge in [0.05, 0.1) is 12.2 Å². The summed E-state index contributed by atoms with van der Waals surface area (Å²) in [6.45, 7) is 3.95. The molecule has 0 unspecified atom stereocenters. The quantitative estimate of drug-likeness (QED) is 0.582. The van der Waals surface area contributed by atoms with Gasteiger partial charge in [-0.1, -0.05) is 29.8 Å². The van der Waals surface area contributed by atoms with E-state index in [0.717, 1.165) is 5.56 Å². The van der Waals surface area contributed by atoms with Crippen molar-refractivity contribution in [1.82, 2.24) is 0 Å². The Morgan fingerprint density at radius 2 is 2.27 bits per heavy atom. The maximum atomic E-state index is 11.6. The molecule has 0 spiro atoms. The first-order valence-corrected chi connectivity index (χ1v) is 5.16. The van der Waals surface area contributed by atoms with Gasteiger partial charge in [-0.3, -0.25) is 0 Å². The highest BCUT2D eigenvalue weighted by Crippen LogP contribution is 2.19. The van der Waals surface area contributed by atoms with Crippen molar-refractivity contribution in [3.05, 3.63) is 40.9 Å². The molecule has 0 aromatic heterocycles. The highest BCUT2D eigenvalue weighted by molar-refractivity contribution is 6.31. The van der Waals surface area contributed by atoms with Crippen molar-refractivity contribution in [3.8, 4) is 0 Å². The number of hydrogen-bond donors (Lipinski definition) is 0. The van der Waals surface area contributed by atoms with Gasteiger partial charge in [0.15, 0.2) is 0 Å². The van der Waals surface area contributed by atoms with E-state index in [4.69, 9.17) is 16.3 Å². The predicted molar refractivity (Wildman–Crippen MR) is 61.7 cm³/mol. The molecular weight excluding hydrogens is 212 g/mol. The fourth-order valence-corrected chi connectivity index (χ4v) is 1.46. The topological polar surface area (TPSA) is 26.3 Å². The summed E-state index contributed by atoms with van der Waals surface area (Å²) in [5.41, 5.74) is 1.32. The molecule has 0 aliphatic heterocycles. The van der Waals surface area contributed by atoms with Crippen LogP contribution in [0.25, 0.3) is 5.57 Å². The molecule has 0 radical (unpaired) electrons. The Kier molecular flexibility index (Phi) is 4.37. The first-order chi connectivity index (χ1) is 7.19. The Bertz CT molecular complexity index is 383. The molecule has 0 aliphatic rings. The summed E-state index contributed by atoms with van der Waals surface area (Å²) in [6.07, 6.45) is 1.73. The number of halogens is 1. The summed E-state index contributed by atoms with van der Waals surface area (Å²) in [5.74, 6) is -0.317. The third kappa shape index (κ3) is 3.10. The fraction of sp³-hybridized carbons (Fsp3) is 0.250. The molecule has 2 nitrogen and oxygen atoms in total. The van der Waals surface area contributed by atoms with Crippen LogP contribution >= 0.6 is 11.6 Å². The smallest absolute Gasteiger partial charge is 0.338 e. The Balaban J connectivity index is 2.99. The van der Waals surface area contributed by atoms with E-state index in [9.17, 15) is 4.79 Å². The molecule has 1 aromatic carbocycles. The molecule has 0 amide bonds. The Hall–Kier alpha value is -1.28. The summed E-state index contributed by atoms with van der Waals surface area (Å²) in [5, 5.41) is 0.608. The number of allylic oxidation sites excluding steroid dienone is 1. The monoisotopic (exact) mass is 224 g/mol. The lowest BCUT2D eigenvalue weighted by molar-refractivity contribution is -0.136. The maximum Gasteiger partial charge on any atom is 0.338 e. The van der Waals surface area contributed by atoms with Crippen LogP contribution in [0.4, 0.5) is 0 Å². The number of carbonyl (C=O) groups is 1. The number of esters is 1. The average molecular weight is 225 g/mol. The van der Waals surface area contributed by atoms with Crippen molar-refractivity contribution in [2.75, 3.05) is 6.61 Å². The zero-order chi connectivity index (χ0) is 11.3. The number of ether oxygens (including phenoxy) is 1. The van der Waals surface area contributed by atoms with Crippen LogP contribution in [-0.4, -0.2) is 12.6 Å². The summed E-state index contributed by atoms with van der Waals surface area (Å²) in [6, 6.07) is 7.15. The number of carbonyl (C=O) groups excluding carboxylic acids is 1. The van der Waals surface area contributed by atoms with E-state index in [-0.39, 0.29) is 5.97 Å². The lowest BCUT2D eigenvalue weighted by Gasteiger charge is -2.06. The Labute approximate surface area is 94.5 Å². The van der Waals surface area contributed by atoms with Crippen molar-refractivity contribution in [2.45, 2.75) is 13.8 Å². The maximum absolute atomic E-state index is 11.6. The molecular formula is C12H13ClO2. The van der Waals surface area contributed by atoms with Gasteiger partial charge in [-0.05, 0) is 31.5 Å². The first-order valence-electron chi connectivity index (χ1n) is 4.78. The Morgan fingerprint density at radius 3 is 2.80 bits per heavy atom. The van der Waals surface area contributed by atoms with Gasteiger partial charge in [0, 0.05) is 5.02 Å². The van der Waals surface area contributed by atoms with Gasteiger partial charge in [-0.2, -0.15) is 0 Å². The van der Waals surface area contributed by atoms with Crippen LogP contribution in [0.2, 0.25) is 5.02 Å². The highest BCUT2D eigenvalue weighted by Gasteiger charge is 2.11. The molecule has 0 saturated carbocycles. The predicted octanol–water partition coefficient (Wildman–Crippen LogP) is 3.31. The van der Waals surface area contributed by atoms with Gasteiger partial charge in [-0.15, -0.1) is 0 Å². The third-order valence-corrected chi connectivity index (χ3v) is 2.15. The third-order valence-electron chi connectivity index (χ3n) is 1.92. The van der Waals surface area contributed by atoms with E-state index in [1.807, 2.05) is 6.07 Å². The lowest BCUT2D eigenvalue weighted by atomic mass is 10.1. The zero-order valence-electron chi connectivity index (χ0n) is 8.79. The second-order valence-electron chi connectivity index (χ2n) is 2.93. The van der Waals surface area contributed by atoms with Crippen LogP contribution in [0.3, 0.4) is 0 Å². The SMILES string of the molecule is CC=C(C(=O)OCC)c1cccc(Cl)c1. The fourth-order valence-electron chi connectivity index (χ4n) is 1.27. The van der Waals surface area contributed by atoms with Crippen molar-refractivity contribution in [2.24, 2.45) is 0 Å². The van der Waals surface area contributed by atoms with Crippen LogP contribution in [0.1, 0.15) is 19.4 Å². The van der Waals surface area contributed by atoms with Crippen molar-refractivity contribution in [3.63, 3.8) is 0 Å². The van der Waals surface area contributed by atoms with Gasteiger partial charge in [0.2, 0.25) is 0 Å². The summed E-state index contributed by atoms with van der Waals surface area (Å²) in [4.78, 5) is 11.6. The van der Waals surface area contributed by atoms with Crippen LogP contribution in [0, 0.1) is 0 Å². The van der Waals surface area contributed by atoms with Crippen LogP contribution in [-0.2, 0) is 9.53 Å². The van der Waals surface area contributed by atoms with Gasteiger partial charge in [0.25, 0.3) is 0 Å². The largest absolute Gasteiger partial charge is 0.462 e. The minimum Gasteiger partial charge on any atom is -0.462 e. The summed E-state index contributed by atoms with van der Waals surface area (Å²) >= 11 is 5.85. The molecule has 0 bridgehead atoms. The minimum atomic E-state index is -0.317. The molecule has 0 atom stereocenters. The number of benzene rings is 1. The van der Waals surface area contributed by atoms with E-state index >= 15 is 0 Å². The van der Waals surface area contributed by atoms with Crippen molar-refractivity contribution < 1.29 is 9.53 Å². The molecule has 0 aliphatic carbocycles. The van der Waals surface area contributed by atoms with Gasteiger partial charge >= 0.3 is 5.97 Å². The minimum absolute atomic E-state index is 0.317. The van der Waals surface area contributed by atoms with E-state index in [0.29, 0.717) is 17.2 Å². The molecule has 0 heterocycles. The molecule has 15 heavy (non-hydrogen) atoms. The molecule has 80 valence electrons. The lowest BCUT2D eigenvalue weighted by Crippen LogP contribution is -2.06.